The molecule has 1 aromatic rings. The molecule has 0 aromatic heterocycles. The number of hydrogen-bond donors (Lipinski definition) is 1. The summed E-state index contributed by atoms with van der Waals surface area (Å²) in [5.74, 6) is 0. The molecule has 0 aliphatic carbocycles. The van der Waals surface area contributed by atoms with Crippen LogP contribution in [0.15, 0.2) is 29.4 Å². The van der Waals surface area contributed by atoms with E-state index in [0.29, 0.717) is 5.69 Å². The van der Waals surface area contributed by atoms with Crippen molar-refractivity contribution in [3.05, 3.63) is 40.3 Å². The molecule has 0 fully saturated rings. The van der Waals surface area contributed by atoms with Gasteiger partial charge >= 0.3 is 6.09 Å². The van der Waals surface area contributed by atoms with Gasteiger partial charge < -0.3 is 4.74 Å². The summed E-state index contributed by atoms with van der Waals surface area (Å²) in [6.07, 6.45) is -0.558. The van der Waals surface area contributed by atoms with Gasteiger partial charge in [0.25, 0.3) is 0 Å². The number of rotatable bonds is 4. The fourth-order valence-electron chi connectivity index (χ4n) is 1.01. The van der Waals surface area contributed by atoms with Crippen molar-refractivity contribution >= 4 is 11.8 Å². The van der Waals surface area contributed by atoms with Gasteiger partial charge in [0.2, 0.25) is 0 Å². The number of carbonyl (C=O) groups excluding carboxylic acids is 1. The van der Waals surface area contributed by atoms with E-state index in [1.165, 1.54) is 0 Å². The van der Waals surface area contributed by atoms with E-state index < -0.39 is 6.09 Å². The molecule has 6 nitrogen and oxygen atoms in total. The first kappa shape index (κ1) is 11.9. The van der Waals surface area contributed by atoms with E-state index in [1.54, 1.807) is 12.1 Å². The highest BCUT2D eigenvalue weighted by atomic mass is 16.5. The fraction of sp³-hybridized carbons (Fsp3) is 0.300. The van der Waals surface area contributed by atoms with Gasteiger partial charge in [0.1, 0.15) is 0 Å². The number of azide groups is 1. The molecule has 1 N–H and O–H groups in total. The molecule has 1 rings (SSSR count). The highest BCUT2D eigenvalue weighted by molar-refractivity contribution is 5.84. The predicted molar refractivity (Wildman–Crippen MR) is 60.2 cm³/mol. The van der Waals surface area contributed by atoms with Crippen LogP contribution in [0.1, 0.15) is 5.56 Å². The third-order valence-electron chi connectivity index (χ3n) is 1.79. The van der Waals surface area contributed by atoms with Crippen molar-refractivity contribution in [2.45, 2.75) is 6.92 Å². The second-order valence-electron chi connectivity index (χ2n) is 3.08. The van der Waals surface area contributed by atoms with Crippen LogP contribution in [0.5, 0.6) is 0 Å². The van der Waals surface area contributed by atoms with Gasteiger partial charge in [-0.15, -0.1) is 0 Å². The Balaban J connectivity index is 2.34. The second-order valence-corrected chi connectivity index (χ2v) is 3.08. The molecular formula is C10H12N4O2. The van der Waals surface area contributed by atoms with Crippen molar-refractivity contribution in [1.29, 1.82) is 0 Å². The Labute approximate surface area is 92.8 Å². The number of ether oxygens (including phenoxy) is 1. The van der Waals surface area contributed by atoms with Gasteiger partial charge in [0, 0.05) is 10.6 Å². The van der Waals surface area contributed by atoms with E-state index in [1.807, 2.05) is 19.1 Å². The van der Waals surface area contributed by atoms with Crippen LogP contribution in [0.4, 0.5) is 10.5 Å². The van der Waals surface area contributed by atoms with Crippen LogP contribution in [-0.2, 0) is 4.74 Å². The predicted octanol–water partition coefficient (Wildman–Crippen LogP) is 2.85. The second kappa shape index (κ2) is 6.31. The molecule has 6 heteroatoms. The Bertz CT molecular complexity index is 396. The summed E-state index contributed by atoms with van der Waals surface area (Å²) in [5, 5.41) is 5.79. The fourth-order valence-corrected chi connectivity index (χ4v) is 1.01. The Morgan fingerprint density at radius 2 is 2.19 bits per heavy atom. The maximum absolute atomic E-state index is 11.2. The Morgan fingerprint density at radius 3 is 2.81 bits per heavy atom. The number of nitrogens with one attached hydrogen (secondary N) is 1. The van der Waals surface area contributed by atoms with E-state index in [0.717, 1.165) is 5.56 Å². The zero-order valence-electron chi connectivity index (χ0n) is 8.88. The summed E-state index contributed by atoms with van der Waals surface area (Å²) in [6, 6.07) is 7.33. The van der Waals surface area contributed by atoms with Crippen LogP contribution in [0.3, 0.4) is 0 Å². The molecule has 0 aliphatic heterocycles. The third kappa shape index (κ3) is 4.34. The van der Waals surface area contributed by atoms with Gasteiger partial charge in [0.15, 0.2) is 0 Å². The van der Waals surface area contributed by atoms with Gasteiger partial charge in [0.05, 0.1) is 13.2 Å². The van der Waals surface area contributed by atoms with Crippen LogP contribution < -0.4 is 5.32 Å². The van der Waals surface area contributed by atoms with Crippen LogP contribution in [0, 0.1) is 6.92 Å². The van der Waals surface area contributed by atoms with Crippen LogP contribution in [0.25, 0.3) is 10.4 Å². The average molecular weight is 220 g/mol. The zero-order valence-corrected chi connectivity index (χ0v) is 8.88. The quantitative estimate of drug-likeness (QED) is 0.366. The molecule has 1 aromatic carbocycles. The largest absolute Gasteiger partial charge is 0.449 e. The smallest absolute Gasteiger partial charge is 0.411 e. The minimum absolute atomic E-state index is 0.0712. The summed E-state index contributed by atoms with van der Waals surface area (Å²) in [7, 11) is 0. The zero-order chi connectivity index (χ0) is 11.8. The Morgan fingerprint density at radius 1 is 1.50 bits per heavy atom. The van der Waals surface area contributed by atoms with Crippen LogP contribution in [-0.4, -0.2) is 19.2 Å². The van der Waals surface area contributed by atoms with Gasteiger partial charge in [-0.05, 0) is 24.6 Å². The lowest BCUT2D eigenvalue weighted by atomic mass is 10.2. The van der Waals surface area contributed by atoms with Crippen molar-refractivity contribution in [1.82, 2.24) is 0 Å². The molecule has 0 radical (unpaired) electrons. The van der Waals surface area contributed by atoms with Gasteiger partial charge in [-0.25, -0.2) is 4.79 Å². The number of nitrogens with zero attached hydrogens (tertiary/aromatic N) is 3. The summed E-state index contributed by atoms with van der Waals surface area (Å²) in [4.78, 5) is 13.7. The van der Waals surface area contributed by atoms with E-state index >= 15 is 0 Å². The summed E-state index contributed by atoms with van der Waals surface area (Å²) in [6.45, 7) is 2.17. The minimum atomic E-state index is -0.558. The van der Waals surface area contributed by atoms with Crippen LogP contribution >= 0.6 is 0 Å². The molecular weight excluding hydrogens is 208 g/mol. The summed E-state index contributed by atoms with van der Waals surface area (Å²) in [5.41, 5.74) is 9.77. The van der Waals surface area contributed by atoms with E-state index in [-0.39, 0.29) is 13.2 Å². The molecule has 0 saturated carbocycles. The number of hydrogen-bond acceptors (Lipinski definition) is 3. The average Bonchev–Trinajstić information content (AvgIpc) is 2.28. The first-order valence-electron chi connectivity index (χ1n) is 4.73. The molecule has 16 heavy (non-hydrogen) atoms. The SMILES string of the molecule is Cc1ccc(NC(=O)OCCN=[N+]=[N-])cc1. The normalized spacial score (nSPS) is 9.06. The van der Waals surface area contributed by atoms with Gasteiger partial charge in [-0.3, -0.25) is 5.32 Å². The molecule has 0 saturated heterocycles. The molecule has 0 atom stereocenters. The lowest BCUT2D eigenvalue weighted by Gasteiger charge is -2.05. The molecule has 0 unspecified atom stereocenters. The van der Waals surface area contributed by atoms with Gasteiger partial charge in [-0.2, -0.15) is 0 Å². The maximum atomic E-state index is 11.2. The van der Waals surface area contributed by atoms with E-state index in [2.05, 4.69) is 15.3 Å². The highest BCUT2D eigenvalue weighted by Crippen LogP contribution is 2.08. The summed E-state index contributed by atoms with van der Waals surface area (Å²) < 4.78 is 4.76. The Kier molecular flexibility index (Phi) is 4.69. The maximum Gasteiger partial charge on any atom is 0.411 e. The topological polar surface area (TPSA) is 87.1 Å². The molecule has 1 amide bonds. The minimum Gasteiger partial charge on any atom is -0.449 e. The number of aryl methyl sites for hydroxylation is 1. The third-order valence-corrected chi connectivity index (χ3v) is 1.79. The van der Waals surface area contributed by atoms with Crippen molar-refractivity contribution < 1.29 is 9.53 Å². The van der Waals surface area contributed by atoms with Crippen molar-refractivity contribution in [2.24, 2.45) is 5.11 Å². The standard InChI is InChI=1S/C10H12N4O2/c1-8-2-4-9(5-3-8)13-10(15)16-7-6-12-14-11/h2-5H,6-7H2,1H3,(H,13,15). The lowest BCUT2D eigenvalue weighted by Crippen LogP contribution is -2.15. The first-order valence-corrected chi connectivity index (χ1v) is 4.73. The molecule has 0 spiro atoms. The van der Waals surface area contributed by atoms with Crippen molar-refractivity contribution in [3.8, 4) is 0 Å². The first-order chi connectivity index (χ1) is 7.72. The monoisotopic (exact) mass is 220 g/mol. The molecule has 0 bridgehead atoms. The number of benzene rings is 1. The number of amides is 1. The molecule has 0 heterocycles. The van der Waals surface area contributed by atoms with Gasteiger partial charge in [-0.1, -0.05) is 22.8 Å². The van der Waals surface area contributed by atoms with E-state index in [9.17, 15) is 4.79 Å². The Hall–Kier alpha value is -2.20. The number of carbonyl (C=O) groups is 1. The molecule has 84 valence electrons. The summed E-state index contributed by atoms with van der Waals surface area (Å²) >= 11 is 0. The van der Waals surface area contributed by atoms with Crippen molar-refractivity contribution in [2.75, 3.05) is 18.5 Å². The number of anilines is 1. The lowest BCUT2D eigenvalue weighted by molar-refractivity contribution is 0.165. The highest BCUT2D eigenvalue weighted by Gasteiger charge is 2.01. The molecule has 0 aliphatic rings. The van der Waals surface area contributed by atoms with E-state index in [4.69, 9.17) is 10.3 Å². The van der Waals surface area contributed by atoms with Crippen molar-refractivity contribution in [3.63, 3.8) is 0 Å². The van der Waals surface area contributed by atoms with Crippen LogP contribution in [0.2, 0.25) is 0 Å².